The SMILES string of the molecule is CCOC(=O)c1nnc(-c2ccc(-c3ccccc3)c(Cl)c2)o1. The summed E-state index contributed by atoms with van der Waals surface area (Å²) in [5.74, 6) is -0.599. The van der Waals surface area contributed by atoms with Crippen LogP contribution in [0.5, 0.6) is 0 Å². The van der Waals surface area contributed by atoms with Gasteiger partial charge in [-0.05, 0) is 24.6 Å². The van der Waals surface area contributed by atoms with Crippen molar-refractivity contribution in [2.24, 2.45) is 0 Å². The maximum atomic E-state index is 11.6. The van der Waals surface area contributed by atoms with Crippen molar-refractivity contribution in [3.8, 4) is 22.6 Å². The average molecular weight is 329 g/mol. The zero-order chi connectivity index (χ0) is 16.2. The third-order valence-electron chi connectivity index (χ3n) is 3.18. The summed E-state index contributed by atoms with van der Waals surface area (Å²) in [6, 6.07) is 15.2. The average Bonchev–Trinajstić information content (AvgIpc) is 3.06. The molecule has 0 saturated heterocycles. The second-order valence-corrected chi connectivity index (χ2v) is 5.10. The van der Waals surface area contributed by atoms with Crippen LogP contribution in [0.1, 0.15) is 17.6 Å². The van der Waals surface area contributed by atoms with E-state index in [0.29, 0.717) is 10.6 Å². The molecular weight excluding hydrogens is 316 g/mol. The molecule has 0 N–H and O–H groups in total. The van der Waals surface area contributed by atoms with Gasteiger partial charge >= 0.3 is 11.9 Å². The first-order chi connectivity index (χ1) is 11.2. The van der Waals surface area contributed by atoms with Crippen molar-refractivity contribution in [3.63, 3.8) is 0 Å². The number of halogens is 1. The van der Waals surface area contributed by atoms with Crippen molar-refractivity contribution < 1.29 is 13.9 Å². The number of esters is 1. The predicted octanol–water partition coefficient (Wildman–Crippen LogP) is 4.23. The van der Waals surface area contributed by atoms with Gasteiger partial charge in [-0.15, -0.1) is 10.2 Å². The van der Waals surface area contributed by atoms with Gasteiger partial charge in [0.2, 0.25) is 5.89 Å². The highest BCUT2D eigenvalue weighted by Gasteiger charge is 2.17. The molecule has 2 aromatic carbocycles. The number of rotatable bonds is 4. The Morgan fingerprint density at radius 2 is 1.91 bits per heavy atom. The Morgan fingerprint density at radius 1 is 1.13 bits per heavy atom. The van der Waals surface area contributed by atoms with Gasteiger partial charge in [0.15, 0.2) is 0 Å². The molecule has 0 fully saturated rings. The minimum absolute atomic E-state index is 0.176. The van der Waals surface area contributed by atoms with Crippen LogP contribution in [0.15, 0.2) is 52.9 Å². The van der Waals surface area contributed by atoms with Gasteiger partial charge in [0, 0.05) is 16.1 Å². The van der Waals surface area contributed by atoms with Crippen molar-refractivity contribution >= 4 is 17.6 Å². The van der Waals surface area contributed by atoms with Gasteiger partial charge in [0.05, 0.1) is 6.61 Å². The number of carbonyl (C=O) groups is 1. The lowest BCUT2D eigenvalue weighted by atomic mass is 10.0. The van der Waals surface area contributed by atoms with Crippen molar-refractivity contribution in [2.45, 2.75) is 6.92 Å². The van der Waals surface area contributed by atoms with Crippen LogP contribution in [0.25, 0.3) is 22.6 Å². The molecular formula is C17H13ClN2O3. The lowest BCUT2D eigenvalue weighted by molar-refractivity contribution is 0.0481. The number of hydrogen-bond donors (Lipinski definition) is 0. The number of hydrogen-bond acceptors (Lipinski definition) is 5. The molecule has 0 aliphatic rings. The molecule has 0 radical (unpaired) electrons. The van der Waals surface area contributed by atoms with E-state index in [1.54, 1.807) is 13.0 Å². The Balaban J connectivity index is 1.90. The summed E-state index contributed by atoms with van der Waals surface area (Å²) < 4.78 is 10.1. The number of aromatic nitrogens is 2. The van der Waals surface area contributed by atoms with Gasteiger partial charge < -0.3 is 9.15 Å². The lowest BCUT2D eigenvalue weighted by Gasteiger charge is -2.05. The van der Waals surface area contributed by atoms with Gasteiger partial charge in [-0.1, -0.05) is 48.0 Å². The third kappa shape index (κ3) is 3.24. The molecule has 1 aromatic heterocycles. The molecule has 3 aromatic rings. The highest BCUT2D eigenvalue weighted by molar-refractivity contribution is 6.33. The van der Waals surface area contributed by atoms with Crippen molar-refractivity contribution in [3.05, 3.63) is 59.4 Å². The second kappa shape index (κ2) is 6.62. The van der Waals surface area contributed by atoms with Crippen LogP contribution in [-0.2, 0) is 4.74 Å². The highest BCUT2D eigenvalue weighted by atomic mass is 35.5. The molecule has 0 aliphatic heterocycles. The normalized spacial score (nSPS) is 10.5. The maximum absolute atomic E-state index is 11.6. The van der Waals surface area contributed by atoms with E-state index in [1.807, 2.05) is 42.5 Å². The molecule has 0 unspecified atom stereocenters. The Morgan fingerprint density at radius 3 is 2.61 bits per heavy atom. The van der Waals surface area contributed by atoms with Crippen LogP contribution in [0, 0.1) is 0 Å². The van der Waals surface area contributed by atoms with E-state index in [1.165, 1.54) is 0 Å². The first-order valence-electron chi connectivity index (χ1n) is 7.05. The first-order valence-corrected chi connectivity index (χ1v) is 7.43. The predicted molar refractivity (Wildman–Crippen MR) is 86.1 cm³/mol. The maximum Gasteiger partial charge on any atom is 0.396 e. The minimum Gasteiger partial charge on any atom is -0.459 e. The van der Waals surface area contributed by atoms with Crippen molar-refractivity contribution in [2.75, 3.05) is 6.61 Å². The fraction of sp³-hybridized carbons (Fsp3) is 0.118. The minimum atomic E-state index is -0.641. The summed E-state index contributed by atoms with van der Waals surface area (Å²) in [6.45, 7) is 1.95. The lowest BCUT2D eigenvalue weighted by Crippen LogP contribution is -2.04. The Kier molecular flexibility index (Phi) is 4.39. The van der Waals surface area contributed by atoms with Gasteiger partial charge in [-0.3, -0.25) is 0 Å². The number of benzene rings is 2. The smallest absolute Gasteiger partial charge is 0.396 e. The van der Waals surface area contributed by atoms with E-state index in [2.05, 4.69) is 10.2 Å². The van der Waals surface area contributed by atoms with Gasteiger partial charge in [-0.2, -0.15) is 0 Å². The highest BCUT2D eigenvalue weighted by Crippen LogP contribution is 2.31. The van der Waals surface area contributed by atoms with Crippen LogP contribution in [0.2, 0.25) is 5.02 Å². The zero-order valence-corrected chi connectivity index (χ0v) is 13.1. The molecule has 5 nitrogen and oxygen atoms in total. The monoisotopic (exact) mass is 328 g/mol. The van der Waals surface area contributed by atoms with E-state index in [9.17, 15) is 4.79 Å². The van der Waals surface area contributed by atoms with Crippen LogP contribution in [-0.4, -0.2) is 22.8 Å². The Hall–Kier alpha value is -2.66. The van der Waals surface area contributed by atoms with E-state index in [0.717, 1.165) is 11.1 Å². The summed E-state index contributed by atoms with van der Waals surface area (Å²) >= 11 is 6.35. The molecule has 23 heavy (non-hydrogen) atoms. The molecule has 0 atom stereocenters. The molecule has 6 heteroatoms. The summed E-state index contributed by atoms with van der Waals surface area (Å²) in [6.07, 6.45) is 0. The van der Waals surface area contributed by atoms with Crippen molar-refractivity contribution in [1.82, 2.24) is 10.2 Å². The van der Waals surface area contributed by atoms with E-state index in [-0.39, 0.29) is 18.4 Å². The first kappa shape index (κ1) is 15.2. The van der Waals surface area contributed by atoms with Crippen molar-refractivity contribution in [1.29, 1.82) is 0 Å². The fourth-order valence-corrected chi connectivity index (χ4v) is 2.40. The summed E-state index contributed by atoms with van der Waals surface area (Å²) in [4.78, 5) is 11.6. The summed E-state index contributed by atoms with van der Waals surface area (Å²) in [5, 5.41) is 8.10. The molecule has 116 valence electrons. The number of carbonyl (C=O) groups excluding carboxylic acids is 1. The number of nitrogens with zero attached hydrogens (tertiary/aromatic N) is 2. The van der Waals surface area contributed by atoms with Gasteiger partial charge in [-0.25, -0.2) is 4.79 Å². The van der Waals surface area contributed by atoms with E-state index >= 15 is 0 Å². The number of ether oxygens (including phenoxy) is 1. The van der Waals surface area contributed by atoms with Crippen LogP contribution < -0.4 is 0 Å². The Labute approximate surface area is 137 Å². The quantitative estimate of drug-likeness (QED) is 0.670. The molecule has 1 heterocycles. The van der Waals surface area contributed by atoms with E-state index < -0.39 is 5.97 Å². The van der Waals surface area contributed by atoms with E-state index in [4.69, 9.17) is 20.8 Å². The molecule has 0 saturated carbocycles. The topological polar surface area (TPSA) is 65.2 Å². The standard InChI is InChI=1S/C17H13ClN2O3/c1-2-22-17(21)16-20-19-15(23-16)12-8-9-13(14(18)10-12)11-6-4-3-5-7-11/h3-10H,2H2,1H3. The molecule has 0 spiro atoms. The summed E-state index contributed by atoms with van der Waals surface area (Å²) in [7, 11) is 0. The fourth-order valence-electron chi connectivity index (χ4n) is 2.12. The molecule has 3 rings (SSSR count). The molecule has 0 bridgehead atoms. The van der Waals surface area contributed by atoms with Crippen LogP contribution in [0.3, 0.4) is 0 Å². The van der Waals surface area contributed by atoms with Gasteiger partial charge in [0.25, 0.3) is 0 Å². The largest absolute Gasteiger partial charge is 0.459 e. The second-order valence-electron chi connectivity index (χ2n) is 4.69. The molecule has 0 amide bonds. The summed E-state index contributed by atoms with van der Waals surface area (Å²) in [5.41, 5.74) is 2.56. The van der Waals surface area contributed by atoms with Crippen LogP contribution >= 0.6 is 11.6 Å². The zero-order valence-electron chi connectivity index (χ0n) is 12.3. The molecule has 0 aliphatic carbocycles. The van der Waals surface area contributed by atoms with Crippen LogP contribution in [0.4, 0.5) is 0 Å². The third-order valence-corrected chi connectivity index (χ3v) is 3.49. The Bertz CT molecular complexity index is 831. The van der Waals surface area contributed by atoms with Gasteiger partial charge in [0.1, 0.15) is 0 Å².